The molecule has 0 fully saturated rings. The smallest absolute Gasteiger partial charge is 0.327 e. The first-order valence-electron chi connectivity index (χ1n) is 5.44. The van der Waals surface area contributed by atoms with Crippen molar-refractivity contribution >= 4 is 24.5 Å². The van der Waals surface area contributed by atoms with Crippen LogP contribution in [0.4, 0.5) is 0 Å². The van der Waals surface area contributed by atoms with Gasteiger partial charge in [-0.15, -0.1) is 0 Å². The number of rotatable bonds is 7. The van der Waals surface area contributed by atoms with Crippen LogP contribution in [0.2, 0.25) is 0 Å². The molecule has 0 bridgehead atoms. The van der Waals surface area contributed by atoms with Crippen molar-refractivity contribution < 1.29 is 19.4 Å². The van der Waals surface area contributed by atoms with E-state index in [1.807, 2.05) is 18.2 Å². The van der Waals surface area contributed by atoms with Gasteiger partial charge in [0.1, 0.15) is 11.8 Å². The number of amides is 1. The summed E-state index contributed by atoms with van der Waals surface area (Å²) in [7, 11) is 0. The van der Waals surface area contributed by atoms with Crippen molar-refractivity contribution in [1.82, 2.24) is 5.32 Å². The lowest BCUT2D eigenvalue weighted by atomic mass is 10.3. The van der Waals surface area contributed by atoms with Crippen LogP contribution in [0.25, 0.3) is 0 Å². The zero-order valence-corrected chi connectivity index (χ0v) is 10.6. The molecule has 98 valence electrons. The Hall–Kier alpha value is -1.69. The van der Waals surface area contributed by atoms with E-state index in [1.165, 1.54) is 0 Å². The van der Waals surface area contributed by atoms with Crippen LogP contribution in [0.5, 0.6) is 5.75 Å². The zero-order chi connectivity index (χ0) is 13.4. The molecule has 1 unspecified atom stereocenters. The number of carboxylic acid groups (broad SMARTS) is 1. The van der Waals surface area contributed by atoms with Gasteiger partial charge in [0.2, 0.25) is 5.91 Å². The first-order chi connectivity index (χ1) is 8.63. The highest BCUT2D eigenvalue weighted by Gasteiger charge is 2.17. The van der Waals surface area contributed by atoms with E-state index >= 15 is 0 Å². The molecule has 0 saturated carbocycles. The van der Waals surface area contributed by atoms with Crippen molar-refractivity contribution in [2.24, 2.45) is 0 Å². The molecule has 0 aromatic heterocycles. The van der Waals surface area contributed by atoms with Crippen LogP contribution in [0.3, 0.4) is 0 Å². The summed E-state index contributed by atoms with van der Waals surface area (Å²) < 4.78 is 5.32. The van der Waals surface area contributed by atoms with Crippen molar-refractivity contribution in [3.8, 4) is 5.75 Å². The van der Waals surface area contributed by atoms with Gasteiger partial charge in [0.25, 0.3) is 0 Å². The van der Waals surface area contributed by atoms with Crippen LogP contribution in [0.1, 0.15) is 6.42 Å². The van der Waals surface area contributed by atoms with E-state index in [1.54, 1.807) is 12.1 Å². The van der Waals surface area contributed by atoms with Crippen molar-refractivity contribution in [3.05, 3.63) is 30.3 Å². The largest absolute Gasteiger partial charge is 0.493 e. The van der Waals surface area contributed by atoms with Gasteiger partial charge < -0.3 is 15.2 Å². The van der Waals surface area contributed by atoms with Crippen LogP contribution in [-0.2, 0) is 9.59 Å². The second-order valence-electron chi connectivity index (χ2n) is 3.55. The third kappa shape index (κ3) is 5.09. The van der Waals surface area contributed by atoms with Crippen molar-refractivity contribution in [2.75, 3.05) is 12.4 Å². The molecule has 2 N–H and O–H groups in total. The third-order valence-corrected chi connectivity index (χ3v) is 2.52. The topological polar surface area (TPSA) is 75.6 Å². The van der Waals surface area contributed by atoms with Gasteiger partial charge in [0, 0.05) is 5.75 Å². The summed E-state index contributed by atoms with van der Waals surface area (Å²) in [5, 5.41) is 11.1. The third-order valence-electron chi connectivity index (χ3n) is 2.16. The molecule has 6 heteroatoms. The van der Waals surface area contributed by atoms with E-state index in [0.29, 0.717) is 5.75 Å². The first-order valence-corrected chi connectivity index (χ1v) is 6.07. The van der Waals surface area contributed by atoms with E-state index in [-0.39, 0.29) is 24.7 Å². The maximum absolute atomic E-state index is 11.4. The van der Waals surface area contributed by atoms with Crippen LogP contribution < -0.4 is 10.1 Å². The Morgan fingerprint density at radius 3 is 2.56 bits per heavy atom. The fourth-order valence-corrected chi connectivity index (χ4v) is 1.48. The highest BCUT2D eigenvalue weighted by atomic mass is 32.1. The Bertz CT molecular complexity index is 396. The predicted molar refractivity (Wildman–Crippen MR) is 70.0 cm³/mol. The SMILES string of the molecule is O=C(CCOc1ccccc1)NC(CS)C(=O)O. The molecule has 0 heterocycles. The molecule has 0 aliphatic heterocycles. The summed E-state index contributed by atoms with van der Waals surface area (Å²) in [4.78, 5) is 22.1. The number of para-hydroxylation sites is 1. The van der Waals surface area contributed by atoms with E-state index < -0.39 is 12.0 Å². The number of nitrogens with one attached hydrogen (secondary N) is 1. The van der Waals surface area contributed by atoms with Gasteiger partial charge in [0.05, 0.1) is 13.0 Å². The van der Waals surface area contributed by atoms with Gasteiger partial charge in [0.15, 0.2) is 0 Å². The molecule has 1 aromatic carbocycles. The highest BCUT2D eigenvalue weighted by Crippen LogP contribution is 2.08. The van der Waals surface area contributed by atoms with Crippen molar-refractivity contribution in [3.63, 3.8) is 0 Å². The van der Waals surface area contributed by atoms with E-state index in [9.17, 15) is 9.59 Å². The minimum Gasteiger partial charge on any atom is -0.493 e. The Morgan fingerprint density at radius 2 is 2.00 bits per heavy atom. The molecule has 1 atom stereocenters. The van der Waals surface area contributed by atoms with E-state index in [0.717, 1.165) is 0 Å². The quantitative estimate of drug-likeness (QED) is 0.644. The molecule has 1 amide bonds. The summed E-state index contributed by atoms with van der Waals surface area (Å²) in [5.41, 5.74) is 0. The number of benzene rings is 1. The summed E-state index contributed by atoms with van der Waals surface area (Å²) >= 11 is 3.85. The molecule has 5 nitrogen and oxygen atoms in total. The fourth-order valence-electron chi connectivity index (χ4n) is 1.23. The molecule has 18 heavy (non-hydrogen) atoms. The molecule has 0 radical (unpaired) electrons. The number of aliphatic carboxylic acids is 1. The van der Waals surface area contributed by atoms with Gasteiger partial charge in [-0.25, -0.2) is 4.79 Å². The van der Waals surface area contributed by atoms with Crippen LogP contribution in [0, 0.1) is 0 Å². The average Bonchev–Trinajstić information content (AvgIpc) is 2.37. The molecular weight excluding hydrogens is 254 g/mol. The van der Waals surface area contributed by atoms with Crippen molar-refractivity contribution in [1.29, 1.82) is 0 Å². The van der Waals surface area contributed by atoms with Gasteiger partial charge in [-0.2, -0.15) is 12.6 Å². The number of carboxylic acids is 1. The van der Waals surface area contributed by atoms with Gasteiger partial charge in [-0.3, -0.25) is 4.79 Å². The standard InChI is InChI=1S/C12H15NO4S/c14-11(13-10(8-18)12(15)16)6-7-17-9-4-2-1-3-5-9/h1-5,10,18H,6-8H2,(H,13,14)(H,15,16). The summed E-state index contributed by atoms with van der Waals surface area (Å²) in [5.74, 6) is -0.732. The number of thiol groups is 1. The maximum atomic E-state index is 11.4. The molecule has 1 aromatic rings. The normalized spacial score (nSPS) is 11.6. The number of ether oxygens (including phenoxy) is 1. The summed E-state index contributed by atoms with van der Waals surface area (Å²) in [6, 6.07) is 8.13. The second kappa shape index (κ2) is 7.60. The summed E-state index contributed by atoms with van der Waals surface area (Å²) in [6.07, 6.45) is 0.104. The van der Waals surface area contributed by atoms with Crippen LogP contribution in [-0.4, -0.2) is 35.4 Å². The first kappa shape index (κ1) is 14.4. The van der Waals surface area contributed by atoms with Gasteiger partial charge >= 0.3 is 5.97 Å². The Labute approximate surface area is 111 Å². The number of carbonyl (C=O) groups excluding carboxylic acids is 1. The summed E-state index contributed by atoms with van der Waals surface area (Å²) in [6.45, 7) is 0.203. The van der Waals surface area contributed by atoms with Crippen molar-refractivity contribution in [2.45, 2.75) is 12.5 Å². The Kier molecular flexibility index (Phi) is 6.07. The lowest BCUT2D eigenvalue weighted by molar-refractivity contribution is -0.141. The zero-order valence-electron chi connectivity index (χ0n) is 9.70. The number of carbonyl (C=O) groups is 2. The molecule has 0 aliphatic rings. The lowest BCUT2D eigenvalue weighted by Gasteiger charge is -2.12. The Balaban J connectivity index is 2.27. The Morgan fingerprint density at radius 1 is 1.33 bits per heavy atom. The monoisotopic (exact) mass is 269 g/mol. The van der Waals surface area contributed by atoms with E-state index in [4.69, 9.17) is 9.84 Å². The fraction of sp³-hybridized carbons (Fsp3) is 0.333. The highest BCUT2D eigenvalue weighted by molar-refractivity contribution is 7.80. The van der Waals surface area contributed by atoms with Crippen LogP contribution in [0.15, 0.2) is 30.3 Å². The number of hydrogen-bond acceptors (Lipinski definition) is 4. The molecule has 1 rings (SSSR count). The minimum atomic E-state index is -1.10. The lowest BCUT2D eigenvalue weighted by Crippen LogP contribution is -2.42. The van der Waals surface area contributed by atoms with Gasteiger partial charge in [-0.1, -0.05) is 18.2 Å². The second-order valence-corrected chi connectivity index (χ2v) is 3.92. The predicted octanol–water partition coefficient (Wildman–Crippen LogP) is 0.955. The molecule has 0 aliphatic carbocycles. The van der Waals surface area contributed by atoms with Crippen LogP contribution >= 0.6 is 12.6 Å². The van der Waals surface area contributed by atoms with Gasteiger partial charge in [-0.05, 0) is 12.1 Å². The molecule has 0 spiro atoms. The number of hydrogen-bond donors (Lipinski definition) is 3. The maximum Gasteiger partial charge on any atom is 0.327 e. The average molecular weight is 269 g/mol. The van der Waals surface area contributed by atoms with E-state index in [2.05, 4.69) is 17.9 Å². The molecule has 0 saturated heterocycles. The minimum absolute atomic E-state index is 0.0562. The molecular formula is C12H15NO4S.